The van der Waals surface area contributed by atoms with Gasteiger partial charge in [-0.05, 0) is 41.2 Å². The lowest BCUT2D eigenvalue weighted by atomic mass is 9.86. The van der Waals surface area contributed by atoms with Crippen LogP contribution in [0.25, 0.3) is 6.08 Å². The lowest BCUT2D eigenvalue weighted by Crippen LogP contribution is -2.12. The van der Waals surface area contributed by atoms with E-state index >= 15 is 0 Å². The molecule has 2 nitrogen and oxygen atoms in total. The molecule has 0 aliphatic rings. The van der Waals surface area contributed by atoms with Crippen LogP contribution in [-0.2, 0) is 15.3 Å². The van der Waals surface area contributed by atoms with Gasteiger partial charge in [0.05, 0.1) is 4.90 Å². The number of benzene rings is 2. The first-order valence-corrected chi connectivity index (χ1v) is 8.84. The lowest BCUT2D eigenvalue weighted by Gasteiger charge is -2.20. The fraction of sp³-hybridized carbons (Fsp3) is 0.263. The van der Waals surface area contributed by atoms with Crippen molar-refractivity contribution in [3.8, 4) is 0 Å². The summed E-state index contributed by atoms with van der Waals surface area (Å²) in [7, 11) is -3.43. The number of rotatable bonds is 3. The average Bonchev–Trinajstić information content (AvgIpc) is 2.45. The van der Waals surface area contributed by atoms with Crippen LogP contribution in [0.1, 0.15) is 37.5 Å². The topological polar surface area (TPSA) is 34.1 Å². The van der Waals surface area contributed by atoms with Crippen molar-refractivity contribution >= 4 is 15.9 Å². The van der Waals surface area contributed by atoms with E-state index in [1.807, 2.05) is 49.4 Å². The summed E-state index contributed by atoms with van der Waals surface area (Å²) >= 11 is 0. The Bertz CT molecular complexity index is 780. The monoisotopic (exact) mass is 314 g/mol. The summed E-state index contributed by atoms with van der Waals surface area (Å²) in [5, 5.41) is 1.28. The molecule has 2 rings (SSSR count). The molecule has 2 aromatic rings. The van der Waals surface area contributed by atoms with Crippen molar-refractivity contribution in [3.63, 3.8) is 0 Å². The third-order valence-electron chi connectivity index (χ3n) is 3.59. The van der Waals surface area contributed by atoms with E-state index in [4.69, 9.17) is 0 Å². The van der Waals surface area contributed by atoms with Crippen LogP contribution >= 0.6 is 0 Å². The molecule has 0 spiro atoms. The molecule has 0 atom stereocenters. The summed E-state index contributed by atoms with van der Waals surface area (Å²) in [6.07, 6.45) is 1.63. The van der Waals surface area contributed by atoms with Crippen molar-refractivity contribution in [2.24, 2.45) is 0 Å². The van der Waals surface area contributed by atoms with Gasteiger partial charge in [0.15, 0.2) is 9.84 Å². The second-order valence-corrected chi connectivity index (χ2v) is 8.29. The predicted molar refractivity (Wildman–Crippen MR) is 92.5 cm³/mol. The minimum Gasteiger partial charge on any atom is -0.219 e. The van der Waals surface area contributed by atoms with Crippen molar-refractivity contribution in [2.45, 2.75) is 38.0 Å². The van der Waals surface area contributed by atoms with E-state index in [0.717, 1.165) is 16.7 Å². The summed E-state index contributed by atoms with van der Waals surface area (Å²) in [4.78, 5) is 0.368. The zero-order valence-electron chi connectivity index (χ0n) is 13.5. The highest BCUT2D eigenvalue weighted by molar-refractivity contribution is 7.94. The third kappa shape index (κ3) is 3.86. The minimum absolute atomic E-state index is 0.00687. The van der Waals surface area contributed by atoms with Crippen LogP contribution in [0, 0.1) is 6.92 Å². The van der Waals surface area contributed by atoms with Gasteiger partial charge < -0.3 is 0 Å². The molecule has 116 valence electrons. The van der Waals surface area contributed by atoms with Crippen LogP contribution in [0.15, 0.2) is 58.8 Å². The second-order valence-electron chi connectivity index (χ2n) is 6.49. The van der Waals surface area contributed by atoms with Crippen molar-refractivity contribution in [2.75, 3.05) is 0 Å². The summed E-state index contributed by atoms with van der Waals surface area (Å²) in [6, 6.07) is 15.0. The Morgan fingerprint density at radius 1 is 0.955 bits per heavy atom. The molecular weight excluding hydrogens is 292 g/mol. The zero-order chi connectivity index (χ0) is 16.4. The van der Waals surface area contributed by atoms with E-state index in [1.54, 1.807) is 12.1 Å². The molecule has 0 aliphatic carbocycles. The summed E-state index contributed by atoms with van der Waals surface area (Å²) in [5.41, 5.74) is 2.79. The Hall–Kier alpha value is -1.87. The quantitative estimate of drug-likeness (QED) is 0.820. The summed E-state index contributed by atoms with van der Waals surface area (Å²) in [6.45, 7) is 8.19. The van der Waals surface area contributed by atoms with Crippen LogP contribution < -0.4 is 0 Å². The fourth-order valence-electron chi connectivity index (χ4n) is 2.24. The zero-order valence-corrected chi connectivity index (χ0v) is 14.3. The third-order valence-corrected chi connectivity index (χ3v) is 5.15. The molecule has 0 fully saturated rings. The van der Waals surface area contributed by atoms with Crippen molar-refractivity contribution in [3.05, 3.63) is 70.6 Å². The predicted octanol–water partition coefficient (Wildman–Crippen LogP) is 4.74. The highest BCUT2D eigenvalue weighted by Crippen LogP contribution is 2.27. The highest BCUT2D eigenvalue weighted by atomic mass is 32.2. The van der Waals surface area contributed by atoms with E-state index in [0.29, 0.717) is 4.90 Å². The van der Waals surface area contributed by atoms with E-state index < -0.39 is 9.84 Å². The maximum atomic E-state index is 12.5. The molecule has 22 heavy (non-hydrogen) atoms. The van der Waals surface area contributed by atoms with Crippen LogP contribution in [0.5, 0.6) is 0 Å². The molecule has 0 heterocycles. The first kappa shape index (κ1) is 16.5. The van der Waals surface area contributed by atoms with Gasteiger partial charge in [-0.1, -0.05) is 63.2 Å². The van der Waals surface area contributed by atoms with Gasteiger partial charge in [0.2, 0.25) is 0 Å². The van der Waals surface area contributed by atoms with Crippen molar-refractivity contribution in [1.82, 2.24) is 0 Å². The molecule has 0 radical (unpaired) electrons. The van der Waals surface area contributed by atoms with Crippen LogP contribution in [0.4, 0.5) is 0 Å². The molecule has 0 saturated carbocycles. The summed E-state index contributed by atoms with van der Waals surface area (Å²) < 4.78 is 25.0. The SMILES string of the molecule is Cc1cc(C(C)(C)C)ccc1S(=O)(=O)/C=C\c1ccccc1. The van der Waals surface area contributed by atoms with E-state index in [-0.39, 0.29) is 5.41 Å². The Labute approximate surface area is 133 Å². The standard InChI is InChI=1S/C19H22O2S/c1-15-14-17(19(2,3)4)10-11-18(15)22(20,21)13-12-16-8-6-5-7-9-16/h5-14H,1-4H3/b13-12-. The lowest BCUT2D eigenvalue weighted by molar-refractivity contribution is 0.587. The normalized spacial score (nSPS) is 12.7. The Kier molecular flexibility index (Phi) is 4.57. The van der Waals surface area contributed by atoms with Gasteiger partial charge in [-0.15, -0.1) is 0 Å². The van der Waals surface area contributed by atoms with Crippen LogP contribution in [0.3, 0.4) is 0 Å². The largest absolute Gasteiger partial charge is 0.219 e. The minimum atomic E-state index is -3.43. The smallest absolute Gasteiger partial charge is 0.200 e. The Balaban J connectivity index is 2.36. The van der Waals surface area contributed by atoms with Gasteiger partial charge in [0.25, 0.3) is 0 Å². The first-order chi connectivity index (χ1) is 10.2. The van der Waals surface area contributed by atoms with E-state index in [2.05, 4.69) is 20.8 Å². The number of aryl methyl sites for hydroxylation is 1. The fourth-order valence-corrected chi connectivity index (χ4v) is 3.49. The highest BCUT2D eigenvalue weighted by Gasteiger charge is 2.18. The molecule has 0 amide bonds. The Morgan fingerprint density at radius 3 is 2.14 bits per heavy atom. The molecular formula is C19H22O2S. The van der Waals surface area contributed by atoms with Crippen molar-refractivity contribution < 1.29 is 8.42 Å². The maximum absolute atomic E-state index is 12.5. The summed E-state index contributed by atoms with van der Waals surface area (Å²) in [5.74, 6) is 0. The number of sulfone groups is 1. The van der Waals surface area contributed by atoms with E-state index in [9.17, 15) is 8.42 Å². The van der Waals surface area contributed by atoms with Gasteiger partial charge in [0, 0.05) is 5.41 Å². The molecule has 0 bridgehead atoms. The maximum Gasteiger partial charge on any atom is 0.200 e. The molecule has 0 aromatic heterocycles. The van der Waals surface area contributed by atoms with Crippen LogP contribution in [-0.4, -0.2) is 8.42 Å². The number of hydrogen-bond acceptors (Lipinski definition) is 2. The van der Waals surface area contributed by atoms with Crippen molar-refractivity contribution in [1.29, 1.82) is 0 Å². The van der Waals surface area contributed by atoms with Gasteiger partial charge >= 0.3 is 0 Å². The molecule has 3 heteroatoms. The average molecular weight is 314 g/mol. The first-order valence-electron chi connectivity index (χ1n) is 7.29. The molecule has 0 N–H and O–H groups in total. The van der Waals surface area contributed by atoms with Crippen LogP contribution in [0.2, 0.25) is 0 Å². The van der Waals surface area contributed by atoms with Gasteiger partial charge in [-0.3, -0.25) is 0 Å². The molecule has 0 saturated heterocycles. The number of hydrogen-bond donors (Lipinski definition) is 0. The molecule has 2 aromatic carbocycles. The molecule has 0 unspecified atom stereocenters. The second kappa shape index (κ2) is 6.09. The van der Waals surface area contributed by atoms with Gasteiger partial charge in [-0.25, -0.2) is 8.42 Å². The van der Waals surface area contributed by atoms with E-state index in [1.165, 1.54) is 5.41 Å². The van der Waals surface area contributed by atoms with Gasteiger partial charge in [0.1, 0.15) is 0 Å². The molecule has 0 aliphatic heterocycles. The Morgan fingerprint density at radius 2 is 1.59 bits per heavy atom. The van der Waals surface area contributed by atoms with Gasteiger partial charge in [-0.2, -0.15) is 0 Å².